The number of hydrogen-bond acceptors (Lipinski definition) is 3. The Morgan fingerprint density at radius 2 is 1.88 bits per heavy atom. The number of nitro groups is 1. The molecule has 0 fully saturated rings. The molecule has 0 saturated carbocycles. The summed E-state index contributed by atoms with van der Waals surface area (Å²) in [5.74, 6) is -0.278. The van der Waals surface area contributed by atoms with Crippen LogP contribution in [0.3, 0.4) is 0 Å². The van der Waals surface area contributed by atoms with Gasteiger partial charge in [0.2, 0.25) is 0 Å². The fourth-order valence-electron chi connectivity index (χ4n) is 1.56. The monoisotopic (exact) mass is 244 g/mol. The highest BCUT2D eigenvalue weighted by Crippen LogP contribution is 2.32. The van der Waals surface area contributed by atoms with Crippen LogP contribution in [-0.2, 0) is 0 Å². The van der Waals surface area contributed by atoms with Gasteiger partial charge in [-0.05, 0) is 18.4 Å². The Morgan fingerprint density at radius 3 is 2.29 bits per heavy atom. The molecule has 0 spiro atoms. The number of hydrogen-bond donors (Lipinski definition) is 1. The SMILES string of the molecule is CC(N)C(C)c1ccc([N+](=O)[O-])cc1C(F)F. The Morgan fingerprint density at radius 1 is 1.29 bits per heavy atom. The molecular weight excluding hydrogens is 230 g/mol. The highest BCUT2D eigenvalue weighted by Gasteiger charge is 2.22. The maximum Gasteiger partial charge on any atom is 0.269 e. The summed E-state index contributed by atoms with van der Waals surface area (Å²) in [7, 11) is 0. The third-order valence-corrected chi connectivity index (χ3v) is 2.80. The van der Waals surface area contributed by atoms with Crippen LogP contribution < -0.4 is 5.73 Å². The molecule has 1 aromatic carbocycles. The zero-order valence-corrected chi connectivity index (χ0v) is 9.56. The van der Waals surface area contributed by atoms with E-state index in [1.165, 1.54) is 12.1 Å². The summed E-state index contributed by atoms with van der Waals surface area (Å²) in [6.07, 6.45) is -2.74. The summed E-state index contributed by atoms with van der Waals surface area (Å²) in [6.45, 7) is 3.43. The first-order chi connectivity index (χ1) is 7.84. The lowest BCUT2D eigenvalue weighted by Crippen LogP contribution is -2.23. The lowest BCUT2D eigenvalue weighted by Gasteiger charge is -2.19. The van der Waals surface area contributed by atoms with Gasteiger partial charge in [0.05, 0.1) is 4.92 Å². The summed E-state index contributed by atoms with van der Waals surface area (Å²) in [4.78, 5) is 9.84. The van der Waals surface area contributed by atoms with Crippen LogP contribution in [0.5, 0.6) is 0 Å². The number of non-ortho nitro benzene ring substituents is 1. The molecule has 0 aliphatic carbocycles. The van der Waals surface area contributed by atoms with Gasteiger partial charge in [0.25, 0.3) is 12.1 Å². The van der Waals surface area contributed by atoms with Crippen molar-refractivity contribution < 1.29 is 13.7 Å². The highest BCUT2D eigenvalue weighted by atomic mass is 19.3. The summed E-state index contributed by atoms with van der Waals surface area (Å²) < 4.78 is 25.7. The lowest BCUT2D eigenvalue weighted by molar-refractivity contribution is -0.385. The number of nitrogens with two attached hydrogens (primary N) is 1. The van der Waals surface area contributed by atoms with E-state index in [0.717, 1.165) is 6.07 Å². The number of rotatable bonds is 4. The average molecular weight is 244 g/mol. The van der Waals surface area contributed by atoms with Gasteiger partial charge in [0.15, 0.2) is 0 Å². The molecule has 0 amide bonds. The van der Waals surface area contributed by atoms with Crippen molar-refractivity contribution in [2.75, 3.05) is 0 Å². The molecule has 2 N–H and O–H groups in total. The number of benzene rings is 1. The predicted molar refractivity (Wildman–Crippen MR) is 60.1 cm³/mol. The zero-order valence-electron chi connectivity index (χ0n) is 9.56. The van der Waals surface area contributed by atoms with Crippen molar-refractivity contribution >= 4 is 5.69 Å². The molecule has 6 heteroatoms. The molecular formula is C11H14F2N2O2. The maximum absolute atomic E-state index is 12.8. The number of nitrogens with zero attached hydrogens (tertiary/aromatic N) is 1. The maximum atomic E-state index is 12.8. The Balaban J connectivity index is 3.27. The van der Waals surface area contributed by atoms with Crippen LogP contribution >= 0.6 is 0 Å². The van der Waals surface area contributed by atoms with Crippen molar-refractivity contribution in [3.05, 3.63) is 39.4 Å². The Bertz CT molecular complexity index is 422. The zero-order chi connectivity index (χ0) is 13.2. The van der Waals surface area contributed by atoms with Gasteiger partial charge >= 0.3 is 0 Å². The molecule has 0 aliphatic rings. The molecule has 0 aromatic heterocycles. The van der Waals surface area contributed by atoms with E-state index < -0.39 is 11.3 Å². The van der Waals surface area contributed by atoms with Gasteiger partial charge < -0.3 is 5.73 Å². The minimum Gasteiger partial charge on any atom is -0.327 e. The Hall–Kier alpha value is -1.56. The number of halogens is 2. The highest BCUT2D eigenvalue weighted by molar-refractivity contribution is 5.42. The molecule has 4 nitrogen and oxygen atoms in total. The van der Waals surface area contributed by atoms with E-state index in [2.05, 4.69) is 0 Å². The Kier molecular flexibility index (Phi) is 4.11. The predicted octanol–water partition coefficient (Wildman–Crippen LogP) is 2.98. The van der Waals surface area contributed by atoms with Gasteiger partial charge in [-0.2, -0.15) is 0 Å². The van der Waals surface area contributed by atoms with Gasteiger partial charge in [-0.1, -0.05) is 13.0 Å². The van der Waals surface area contributed by atoms with E-state index >= 15 is 0 Å². The fraction of sp³-hybridized carbons (Fsp3) is 0.455. The van der Waals surface area contributed by atoms with Crippen molar-refractivity contribution in [2.24, 2.45) is 5.73 Å². The van der Waals surface area contributed by atoms with E-state index in [9.17, 15) is 18.9 Å². The summed E-state index contributed by atoms with van der Waals surface area (Å²) in [5.41, 5.74) is 5.37. The summed E-state index contributed by atoms with van der Waals surface area (Å²) in [6, 6.07) is 3.20. The first-order valence-electron chi connectivity index (χ1n) is 5.16. The topological polar surface area (TPSA) is 69.2 Å². The number of nitro benzene ring substituents is 1. The fourth-order valence-corrected chi connectivity index (χ4v) is 1.56. The smallest absolute Gasteiger partial charge is 0.269 e. The van der Waals surface area contributed by atoms with Gasteiger partial charge in [0.1, 0.15) is 0 Å². The van der Waals surface area contributed by atoms with Gasteiger partial charge in [-0.15, -0.1) is 0 Å². The van der Waals surface area contributed by atoms with Crippen molar-refractivity contribution in [1.29, 1.82) is 0 Å². The number of alkyl halides is 2. The quantitative estimate of drug-likeness (QED) is 0.653. The molecule has 1 aromatic rings. The van der Waals surface area contributed by atoms with Crippen LogP contribution in [0.4, 0.5) is 14.5 Å². The summed E-state index contributed by atoms with van der Waals surface area (Å²) in [5, 5.41) is 10.5. The van der Waals surface area contributed by atoms with Crippen LogP contribution in [0.1, 0.15) is 37.3 Å². The van der Waals surface area contributed by atoms with E-state index in [-0.39, 0.29) is 23.2 Å². The van der Waals surface area contributed by atoms with Gasteiger partial charge in [-0.3, -0.25) is 10.1 Å². The van der Waals surface area contributed by atoms with Crippen LogP contribution in [0.15, 0.2) is 18.2 Å². The minimum absolute atomic E-state index is 0.278. The first-order valence-corrected chi connectivity index (χ1v) is 5.16. The molecule has 17 heavy (non-hydrogen) atoms. The average Bonchev–Trinajstić information content (AvgIpc) is 2.26. The molecule has 0 aliphatic heterocycles. The minimum atomic E-state index is -2.74. The van der Waals surface area contributed by atoms with Crippen molar-refractivity contribution in [2.45, 2.75) is 32.2 Å². The summed E-state index contributed by atoms with van der Waals surface area (Å²) >= 11 is 0. The van der Waals surface area contributed by atoms with Crippen LogP contribution in [0.2, 0.25) is 0 Å². The van der Waals surface area contributed by atoms with Crippen molar-refractivity contribution in [3.8, 4) is 0 Å². The second kappa shape index (κ2) is 5.18. The standard InChI is InChI=1S/C11H14F2N2O2/c1-6(7(2)14)9-4-3-8(15(16)17)5-10(9)11(12)13/h3-7,11H,14H2,1-2H3. The van der Waals surface area contributed by atoms with Crippen LogP contribution in [-0.4, -0.2) is 11.0 Å². The first kappa shape index (κ1) is 13.5. The molecule has 94 valence electrons. The molecule has 2 atom stereocenters. The largest absolute Gasteiger partial charge is 0.327 e. The van der Waals surface area contributed by atoms with E-state index in [1.807, 2.05) is 0 Å². The molecule has 2 unspecified atom stereocenters. The molecule has 0 radical (unpaired) electrons. The van der Waals surface area contributed by atoms with Gasteiger partial charge in [0, 0.05) is 23.7 Å². The Labute approximate surface area is 97.6 Å². The normalized spacial score (nSPS) is 14.7. The molecule has 1 rings (SSSR count). The lowest BCUT2D eigenvalue weighted by atomic mass is 9.90. The van der Waals surface area contributed by atoms with E-state index in [1.54, 1.807) is 13.8 Å². The second-order valence-electron chi connectivity index (χ2n) is 4.02. The van der Waals surface area contributed by atoms with Crippen molar-refractivity contribution in [1.82, 2.24) is 0 Å². The molecule has 0 bridgehead atoms. The second-order valence-corrected chi connectivity index (χ2v) is 4.02. The van der Waals surface area contributed by atoms with E-state index in [0.29, 0.717) is 5.56 Å². The molecule has 0 heterocycles. The third kappa shape index (κ3) is 2.97. The van der Waals surface area contributed by atoms with Crippen LogP contribution in [0, 0.1) is 10.1 Å². The van der Waals surface area contributed by atoms with Crippen LogP contribution in [0.25, 0.3) is 0 Å². The van der Waals surface area contributed by atoms with Gasteiger partial charge in [-0.25, -0.2) is 8.78 Å². The molecule has 0 saturated heterocycles. The third-order valence-electron chi connectivity index (χ3n) is 2.80. The van der Waals surface area contributed by atoms with E-state index in [4.69, 9.17) is 5.73 Å². The van der Waals surface area contributed by atoms with Crippen molar-refractivity contribution in [3.63, 3.8) is 0 Å².